The van der Waals surface area contributed by atoms with Crippen molar-refractivity contribution in [2.75, 3.05) is 5.32 Å². The molecule has 2 unspecified atom stereocenters. The van der Waals surface area contributed by atoms with Gasteiger partial charge in [0.15, 0.2) is 0 Å². The highest BCUT2D eigenvalue weighted by Crippen LogP contribution is 2.36. The first-order valence-corrected chi connectivity index (χ1v) is 8.83. The Labute approximate surface area is 141 Å². The van der Waals surface area contributed by atoms with Gasteiger partial charge in [-0.1, -0.05) is 36.8 Å². The average Bonchev–Trinajstić information content (AvgIpc) is 2.63. The van der Waals surface area contributed by atoms with E-state index in [0.717, 1.165) is 43.3 Å². The third-order valence-corrected chi connectivity index (χ3v) is 4.90. The number of nitrogens with two attached hydrogens (primary N) is 1. The lowest BCUT2D eigenvalue weighted by Gasteiger charge is -2.28. The van der Waals surface area contributed by atoms with Gasteiger partial charge in [-0.25, -0.2) is 4.98 Å². The Balaban J connectivity index is 1.65. The summed E-state index contributed by atoms with van der Waals surface area (Å²) in [5, 5.41) is 9.23. The zero-order chi connectivity index (χ0) is 16.1. The van der Waals surface area contributed by atoms with E-state index in [9.17, 15) is 4.79 Å². The lowest BCUT2D eigenvalue weighted by Crippen LogP contribution is -2.27. The number of rotatable bonds is 4. The highest BCUT2D eigenvalue weighted by Gasteiger charge is 2.28. The van der Waals surface area contributed by atoms with Crippen LogP contribution in [0.15, 0.2) is 53.7 Å². The highest BCUT2D eigenvalue weighted by molar-refractivity contribution is 7.97. The number of amides is 1. The molecular formula is C18H21N3OS. The fourth-order valence-electron chi connectivity index (χ4n) is 3.25. The van der Waals surface area contributed by atoms with Crippen molar-refractivity contribution in [3.8, 4) is 0 Å². The Kier molecular flexibility index (Phi) is 5.31. The predicted octanol–water partition coefficient (Wildman–Crippen LogP) is 3.96. The number of benzene rings is 1. The summed E-state index contributed by atoms with van der Waals surface area (Å²) >= 11 is 1.08. The van der Waals surface area contributed by atoms with Crippen LogP contribution in [0.2, 0.25) is 0 Å². The van der Waals surface area contributed by atoms with Gasteiger partial charge in [-0.2, -0.15) is 0 Å². The van der Waals surface area contributed by atoms with Crippen molar-refractivity contribution < 1.29 is 4.79 Å². The molecule has 120 valence electrons. The first kappa shape index (κ1) is 16.0. The van der Waals surface area contributed by atoms with E-state index < -0.39 is 0 Å². The molecule has 1 saturated carbocycles. The zero-order valence-corrected chi connectivity index (χ0v) is 13.8. The Morgan fingerprint density at radius 2 is 2.04 bits per heavy atom. The van der Waals surface area contributed by atoms with E-state index >= 15 is 0 Å². The van der Waals surface area contributed by atoms with Gasteiger partial charge in [0.1, 0.15) is 5.03 Å². The fourth-order valence-corrected chi connectivity index (χ4v) is 3.57. The Bertz CT molecular complexity index is 662. The SMILES string of the molecule is NSc1cc(NC(=O)C2CCCC(c3ccccc3)C2)ccn1. The van der Waals surface area contributed by atoms with E-state index in [1.165, 1.54) is 5.56 Å². The fraction of sp³-hybridized carbons (Fsp3) is 0.333. The lowest BCUT2D eigenvalue weighted by molar-refractivity contribution is -0.120. The number of hydrogen-bond donors (Lipinski definition) is 2. The summed E-state index contributed by atoms with van der Waals surface area (Å²) in [6, 6.07) is 14.1. The topological polar surface area (TPSA) is 68.0 Å². The van der Waals surface area contributed by atoms with Crippen LogP contribution in [-0.2, 0) is 4.79 Å². The van der Waals surface area contributed by atoms with Crippen LogP contribution in [0, 0.1) is 5.92 Å². The summed E-state index contributed by atoms with van der Waals surface area (Å²) in [6.45, 7) is 0. The van der Waals surface area contributed by atoms with E-state index in [1.807, 2.05) is 6.07 Å². The van der Waals surface area contributed by atoms with Gasteiger partial charge in [-0.05, 0) is 54.8 Å². The second-order valence-corrected chi connectivity index (χ2v) is 6.61. The zero-order valence-electron chi connectivity index (χ0n) is 12.9. The quantitative estimate of drug-likeness (QED) is 0.834. The van der Waals surface area contributed by atoms with Gasteiger partial charge in [0.05, 0.1) is 0 Å². The first-order valence-electron chi connectivity index (χ1n) is 7.95. The summed E-state index contributed by atoms with van der Waals surface area (Å²) in [5.41, 5.74) is 2.11. The Morgan fingerprint density at radius 1 is 1.22 bits per heavy atom. The minimum Gasteiger partial charge on any atom is -0.326 e. The van der Waals surface area contributed by atoms with Gasteiger partial charge in [0.25, 0.3) is 0 Å². The molecule has 0 saturated heterocycles. The van der Waals surface area contributed by atoms with Gasteiger partial charge in [-0.15, -0.1) is 0 Å². The molecule has 1 aromatic heterocycles. The van der Waals surface area contributed by atoms with Crippen LogP contribution in [0.3, 0.4) is 0 Å². The second kappa shape index (κ2) is 7.62. The molecule has 0 radical (unpaired) electrons. The Hall–Kier alpha value is -1.85. The molecule has 1 aliphatic carbocycles. The number of hydrogen-bond acceptors (Lipinski definition) is 4. The molecule has 23 heavy (non-hydrogen) atoms. The smallest absolute Gasteiger partial charge is 0.227 e. The van der Waals surface area contributed by atoms with Crippen LogP contribution in [0.4, 0.5) is 5.69 Å². The molecule has 5 heteroatoms. The molecule has 0 spiro atoms. The summed E-state index contributed by atoms with van der Waals surface area (Å²) in [6.07, 6.45) is 5.80. The average molecular weight is 327 g/mol. The summed E-state index contributed by atoms with van der Waals surface area (Å²) in [5.74, 6) is 0.647. The largest absolute Gasteiger partial charge is 0.326 e. The maximum absolute atomic E-state index is 12.6. The molecule has 1 aromatic carbocycles. The third kappa shape index (κ3) is 4.12. The molecule has 4 nitrogen and oxygen atoms in total. The summed E-state index contributed by atoms with van der Waals surface area (Å²) < 4.78 is 0. The number of nitrogens with zero attached hydrogens (tertiary/aromatic N) is 1. The van der Waals surface area contributed by atoms with Gasteiger partial charge in [-0.3, -0.25) is 9.93 Å². The van der Waals surface area contributed by atoms with Crippen LogP contribution < -0.4 is 10.5 Å². The van der Waals surface area contributed by atoms with Crippen LogP contribution in [-0.4, -0.2) is 10.9 Å². The number of pyridine rings is 1. The van der Waals surface area contributed by atoms with Crippen molar-refractivity contribution in [3.63, 3.8) is 0 Å². The van der Waals surface area contributed by atoms with E-state index in [1.54, 1.807) is 18.3 Å². The van der Waals surface area contributed by atoms with Gasteiger partial charge in [0, 0.05) is 17.8 Å². The van der Waals surface area contributed by atoms with Crippen molar-refractivity contribution >= 4 is 23.5 Å². The van der Waals surface area contributed by atoms with Crippen LogP contribution in [0.1, 0.15) is 37.2 Å². The van der Waals surface area contributed by atoms with Crippen molar-refractivity contribution in [1.29, 1.82) is 0 Å². The van der Waals surface area contributed by atoms with Crippen LogP contribution >= 0.6 is 11.9 Å². The van der Waals surface area contributed by atoms with Crippen molar-refractivity contribution in [2.24, 2.45) is 11.1 Å². The number of carbonyl (C=O) groups is 1. The maximum Gasteiger partial charge on any atom is 0.227 e. The number of anilines is 1. The molecule has 3 N–H and O–H groups in total. The Morgan fingerprint density at radius 3 is 2.83 bits per heavy atom. The van der Waals surface area contributed by atoms with Crippen molar-refractivity contribution in [1.82, 2.24) is 4.98 Å². The summed E-state index contributed by atoms with van der Waals surface area (Å²) in [4.78, 5) is 16.7. The van der Waals surface area contributed by atoms with Crippen molar-refractivity contribution in [2.45, 2.75) is 36.6 Å². The first-order chi connectivity index (χ1) is 11.3. The van der Waals surface area contributed by atoms with E-state index in [2.05, 4.69) is 34.6 Å². The van der Waals surface area contributed by atoms with E-state index in [-0.39, 0.29) is 11.8 Å². The number of carbonyl (C=O) groups excluding carboxylic acids is 1. The molecule has 2 aromatic rings. The minimum absolute atomic E-state index is 0.0658. The second-order valence-electron chi connectivity index (χ2n) is 5.96. The van der Waals surface area contributed by atoms with Crippen LogP contribution in [0.5, 0.6) is 0 Å². The number of aromatic nitrogens is 1. The molecule has 3 rings (SSSR count). The van der Waals surface area contributed by atoms with E-state index in [0.29, 0.717) is 10.9 Å². The van der Waals surface area contributed by atoms with Crippen LogP contribution in [0.25, 0.3) is 0 Å². The standard InChI is InChI=1S/C18H21N3OS/c19-23-17-12-16(9-10-20-17)21-18(22)15-8-4-7-14(11-15)13-5-2-1-3-6-13/h1-3,5-6,9-10,12,14-15H,4,7-8,11,19H2,(H,20,21,22). The molecule has 0 bridgehead atoms. The molecule has 1 fully saturated rings. The van der Waals surface area contributed by atoms with Gasteiger partial charge in [0.2, 0.25) is 5.91 Å². The minimum atomic E-state index is 0.0658. The maximum atomic E-state index is 12.6. The predicted molar refractivity (Wildman–Crippen MR) is 94.1 cm³/mol. The molecule has 1 aliphatic rings. The highest BCUT2D eigenvalue weighted by atomic mass is 32.2. The normalized spacial score (nSPS) is 20.9. The van der Waals surface area contributed by atoms with E-state index in [4.69, 9.17) is 5.14 Å². The monoisotopic (exact) mass is 327 g/mol. The summed E-state index contributed by atoms with van der Waals surface area (Å²) in [7, 11) is 0. The molecule has 1 heterocycles. The molecular weight excluding hydrogens is 306 g/mol. The molecule has 1 amide bonds. The van der Waals surface area contributed by atoms with Gasteiger partial charge < -0.3 is 5.32 Å². The molecule has 2 atom stereocenters. The number of nitrogens with one attached hydrogen (secondary N) is 1. The third-order valence-electron chi connectivity index (χ3n) is 4.44. The van der Waals surface area contributed by atoms with Crippen molar-refractivity contribution in [3.05, 3.63) is 54.2 Å². The lowest BCUT2D eigenvalue weighted by atomic mass is 9.77. The van der Waals surface area contributed by atoms with Gasteiger partial charge >= 0.3 is 0 Å². The molecule has 0 aliphatic heterocycles.